The molecule has 1 unspecified atom stereocenters. The van der Waals surface area contributed by atoms with E-state index in [9.17, 15) is 0 Å². The third-order valence-corrected chi connectivity index (χ3v) is 3.73. The lowest BCUT2D eigenvalue weighted by atomic mass is 10.0. The van der Waals surface area contributed by atoms with Gasteiger partial charge in [-0.15, -0.1) is 0 Å². The Morgan fingerprint density at radius 2 is 2.25 bits per heavy atom. The van der Waals surface area contributed by atoms with E-state index in [-0.39, 0.29) is 0 Å². The van der Waals surface area contributed by atoms with Crippen LogP contribution in [0.15, 0.2) is 24.4 Å². The van der Waals surface area contributed by atoms with E-state index in [2.05, 4.69) is 39.3 Å². The predicted molar refractivity (Wildman–Crippen MR) is 80.0 cm³/mol. The number of nitrogens with one attached hydrogen (secondary N) is 1. The molecule has 0 saturated heterocycles. The summed E-state index contributed by atoms with van der Waals surface area (Å²) >= 11 is 0. The zero-order valence-electron chi connectivity index (χ0n) is 12.1. The molecule has 0 aromatic carbocycles. The molecule has 1 atom stereocenters. The molecule has 2 aromatic rings. The molecule has 4 heteroatoms. The third kappa shape index (κ3) is 2.50. The standard InChI is InChI=1S/C16H20N4/c1-3-8-17-15-10-14(19-11(2)20-15)13-7-6-12-5-4-9-18-16(12)13/h4-5,9-10,13H,3,6-8H2,1-2H3,(H,17,19,20). The molecular formula is C16H20N4. The van der Waals surface area contributed by atoms with E-state index in [4.69, 9.17) is 0 Å². The van der Waals surface area contributed by atoms with Crippen molar-refractivity contribution in [2.45, 2.75) is 39.0 Å². The Morgan fingerprint density at radius 3 is 3.10 bits per heavy atom. The molecule has 0 radical (unpaired) electrons. The van der Waals surface area contributed by atoms with E-state index in [0.29, 0.717) is 5.92 Å². The highest BCUT2D eigenvalue weighted by molar-refractivity contribution is 5.42. The van der Waals surface area contributed by atoms with Crippen LogP contribution >= 0.6 is 0 Å². The fourth-order valence-corrected chi connectivity index (χ4v) is 2.81. The molecule has 2 heterocycles. The zero-order chi connectivity index (χ0) is 13.9. The first-order valence-electron chi connectivity index (χ1n) is 7.31. The van der Waals surface area contributed by atoms with Gasteiger partial charge in [0, 0.05) is 24.7 Å². The van der Waals surface area contributed by atoms with E-state index in [1.54, 1.807) is 0 Å². The topological polar surface area (TPSA) is 50.7 Å². The van der Waals surface area contributed by atoms with E-state index >= 15 is 0 Å². The number of fused-ring (bicyclic) bond motifs is 1. The number of nitrogens with zero attached hydrogens (tertiary/aromatic N) is 3. The summed E-state index contributed by atoms with van der Waals surface area (Å²) < 4.78 is 0. The lowest BCUT2D eigenvalue weighted by Crippen LogP contribution is -2.08. The summed E-state index contributed by atoms with van der Waals surface area (Å²) in [5, 5.41) is 3.35. The summed E-state index contributed by atoms with van der Waals surface area (Å²) in [6, 6.07) is 6.27. The minimum Gasteiger partial charge on any atom is -0.370 e. The highest BCUT2D eigenvalue weighted by Gasteiger charge is 2.26. The van der Waals surface area contributed by atoms with Crippen molar-refractivity contribution in [1.82, 2.24) is 15.0 Å². The van der Waals surface area contributed by atoms with Crippen LogP contribution in [0.2, 0.25) is 0 Å². The molecule has 1 aliphatic carbocycles. The van der Waals surface area contributed by atoms with Gasteiger partial charge in [0.25, 0.3) is 0 Å². The highest BCUT2D eigenvalue weighted by Crippen LogP contribution is 2.36. The van der Waals surface area contributed by atoms with E-state index in [1.165, 1.54) is 11.3 Å². The third-order valence-electron chi connectivity index (χ3n) is 3.73. The van der Waals surface area contributed by atoms with Crippen LogP contribution in [0.5, 0.6) is 0 Å². The predicted octanol–water partition coefficient (Wildman–Crippen LogP) is 3.08. The Kier molecular flexibility index (Phi) is 3.63. The zero-order valence-corrected chi connectivity index (χ0v) is 12.1. The van der Waals surface area contributed by atoms with Gasteiger partial charge in [0.1, 0.15) is 11.6 Å². The summed E-state index contributed by atoms with van der Waals surface area (Å²) in [6.07, 6.45) is 5.15. The van der Waals surface area contributed by atoms with E-state index in [0.717, 1.165) is 43.1 Å². The molecule has 0 aliphatic heterocycles. The molecule has 20 heavy (non-hydrogen) atoms. The Labute approximate surface area is 119 Å². The Bertz CT molecular complexity index is 609. The van der Waals surface area contributed by atoms with Gasteiger partial charge in [-0.2, -0.15) is 0 Å². The van der Waals surface area contributed by atoms with Crippen LogP contribution in [0.3, 0.4) is 0 Å². The largest absolute Gasteiger partial charge is 0.370 e. The Balaban J connectivity index is 1.93. The van der Waals surface area contributed by atoms with Gasteiger partial charge in [0.05, 0.1) is 11.4 Å². The average molecular weight is 268 g/mol. The summed E-state index contributed by atoms with van der Waals surface area (Å²) in [4.78, 5) is 13.6. The normalized spacial score (nSPS) is 17.0. The number of aryl methyl sites for hydroxylation is 2. The van der Waals surface area contributed by atoms with E-state index < -0.39 is 0 Å². The van der Waals surface area contributed by atoms with Gasteiger partial charge in [-0.05, 0) is 37.8 Å². The molecule has 2 aromatic heterocycles. The van der Waals surface area contributed by atoms with Crippen molar-refractivity contribution >= 4 is 5.82 Å². The SMILES string of the molecule is CCCNc1cc(C2CCc3cccnc32)nc(C)n1. The van der Waals surface area contributed by atoms with Gasteiger partial charge in [-0.25, -0.2) is 9.97 Å². The van der Waals surface area contributed by atoms with Crippen molar-refractivity contribution < 1.29 is 0 Å². The van der Waals surface area contributed by atoms with Gasteiger partial charge in [-0.1, -0.05) is 13.0 Å². The van der Waals surface area contributed by atoms with Crippen LogP contribution in [0.1, 0.15) is 48.5 Å². The first-order chi connectivity index (χ1) is 9.78. The first-order valence-corrected chi connectivity index (χ1v) is 7.31. The number of anilines is 1. The fraction of sp³-hybridized carbons (Fsp3) is 0.438. The van der Waals surface area contributed by atoms with Crippen LogP contribution in [0, 0.1) is 6.92 Å². The maximum atomic E-state index is 4.63. The molecule has 3 rings (SSSR count). The highest BCUT2D eigenvalue weighted by atomic mass is 15.0. The minimum atomic E-state index is 0.315. The van der Waals surface area contributed by atoms with Crippen LogP contribution < -0.4 is 5.32 Å². The number of hydrogen-bond donors (Lipinski definition) is 1. The maximum absolute atomic E-state index is 4.63. The van der Waals surface area contributed by atoms with Crippen LogP contribution in [-0.4, -0.2) is 21.5 Å². The molecular weight excluding hydrogens is 248 g/mol. The smallest absolute Gasteiger partial charge is 0.129 e. The minimum absolute atomic E-state index is 0.315. The first kappa shape index (κ1) is 13.0. The molecule has 1 aliphatic rings. The quantitative estimate of drug-likeness (QED) is 0.925. The van der Waals surface area contributed by atoms with Gasteiger partial charge in [-0.3, -0.25) is 4.98 Å². The number of pyridine rings is 1. The van der Waals surface area contributed by atoms with Crippen molar-refractivity contribution in [2.24, 2.45) is 0 Å². The van der Waals surface area contributed by atoms with Crippen molar-refractivity contribution in [3.8, 4) is 0 Å². The van der Waals surface area contributed by atoms with Crippen molar-refractivity contribution in [3.63, 3.8) is 0 Å². The second-order valence-corrected chi connectivity index (χ2v) is 5.29. The van der Waals surface area contributed by atoms with Gasteiger partial charge in [0.2, 0.25) is 0 Å². The monoisotopic (exact) mass is 268 g/mol. The molecule has 1 N–H and O–H groups in total. The van der Waals surface area contributed by atoms with Crippen LogP contribution in [-0.2, 0) is 6.42 Å². The second kappa shape index (κ2) is 5.57. The molecule has 0 bridgehead atoms. The summed E-state index contributed by atoms with van der Waals surface area (Å²) in [7, 11) is 0. The number of hydrogen-bond acceptors (Lipinski definition) is 4. The maximum Gasteiger partial charge on any atom is 0.129 e. The summed E-state index contributed by atoms with van der Waals surface area (Å²) in [5.41, 5.74) is 3.64. The fourth-order valence-electron chi connectivity index (χ4n) is 2.81. The van der Waals surface area contributed by atoms with Crippen molar-refractivity contribution in [1.29, 1.82) is 0 Å². The Morgan fingerprint density at radius 1 is 1.35 bits per heavy atom. The molecule has 4 nitrogen and oxygen atoms in total. The van der Waals surface area contributed by atoms with Gasteiger partial charge >= 0.3 is 0 Å². The van der Waals surface area contributed by atoms with Gasteiger partial charge in [0.15, 0.2) is 0 Å². The number of aromatic nitrogens is 3. The summed E-state index contributed by atoms with van der Waals surface area (Å²) in [6.45, 7) is 5.05. The molecule has 0 amide bonds. The van der Waals surface area contributed by atoms with Crippen LogP contribution in [0.25, 0.3) is 0 Å². The lowest BCUT2D eigenvalue weighted by molar-refractivity contribution is 0.736. The lowest BCUT2D eigenvalue weighted by Gasteiger charge is -2.13. The van der Waals surface area contributed by atoms with E-state index in [1.807, 2.05) is 19.2 Å². The van der Waals surface area contributed by atoms with Gasteiger partial charge < -0.3 is 5.32 Å². The van der Waals surface area contributed by atoms with Crippen molar-refractivity contribution in [2.75, 3.05) is 11.9 Å². The number of rotatable bonds is 4. The second-order valence-electron chi connectivity index (χ2n) is 5.29. The average Bonchev–Trinajstić information content (AvgIpc) is 2.88. The van der Waals surface area contributed by atoms with Crippen molar-refractivity contribution in [3.05, 3.63) is 47.2 Å². The molecule has 0 spiro atoms. The van der Waals surface area contributed by atoms with Crippen LogP contribution in [0.4, 0.5) is 5.82 Å². The Hall–Kier alpha value is -1.97. The summed E-state index contributed by atoms with van der Waals surface area (Å²) in [5.74, 6) is 2.07. The molecule has 0 fully saturated rings. The molecule has 0 saturated carbocycles. The molecule has 104 valence electrons.